The molecule has 0 saturated heterocycles. The quantitative estimate of drug-likeness (QED) is 0.621. The summed E-state index contributed by atoms with van der Waals surface area (Å²) in [6.45, 7) is 3.31. The van der Waals surface area contributed by atoms with Crippen molar-refractivity contribution >= 4 is 22.9 Å². The predicted octanol–water partition coefficient (Wildman–Crippen LogP) is 1.45. The van der Waals surface area contributed by atoms with E-state index in [-0.39, 0.29) is 0 Å². The number of carbonyl (C=O) groups excluding carboxylic acids is 1. The second-order valence-corrected chi connectivity index (χ2v) is 4.09. The Kier molecular flexibility index (Phi) is 3.64. The minimum atomic E-state index is -0.451. The molecule has 5 nitrogen and oxygen atoms in total. The molecule has 0 bridgehead atoms. The number of nitrogens with two attached hydrogens (primary N) is 1. The number of ether oxygens (including phenoxy) is 1. The molecule has 1 aromatic rings. The standard InChI is InChI=1S/C10H11N3O2S/c1-5(12)7(4-11)9-13-6(2)8(16-9)10(14)15-3/h12H2,1-3H3/b7-5-. The SMILES string of the molecule is COC(=O)c1sc(/C(C#N)=C(/C)N)nc1C. The Bertz CT molecular complexity index is 493. The van der Waals surface area contributed by atoms with E-state index >= 15 is 0 Å². The molecule has 0 unspecified atom stereocenters. The van der Waals surface area contributed by atoms with Gasteiger partial charge in [-0.2, -0.15) is 5.26 Å². The maximum Gasteiger partial charge on any atom is 0.349 e. The van der Waals surface area contributed by atoms with Gasteiger partial charge in [0, 0.05) is 5.70 Å². The van der Waals surface area contributed by atoms with Gasteiger partial charge in [-0.1, -0.05) is 0 Å². The fourth-order valence-electron chi connectivity index (χ4n) is 1.09. The number of hydrogen-bond donors (Lipinski definition) is 1. The van der Waals surface area contributed by atoms with Crippen LogP contribution in [0.15, 0.2) is 5.70 Å². The minimum absolute atomic E-state index is 0.295. The van der Waals surface area contributed by atoms with Crippen LogP contribution in [0.25, 0.3) is 5.57 Å². The van der Waals surface area contributed by atoms with Crippen LogP contribution in [0.5, 0.6) is 0 Å². The molecule has 0 radical (unpaired) electrons. The van der Waals surface area contributed by atoms with Crippen molar-refractivity contribution in [1.29, 1.82) is 5.26 Å². The number of esters is 1. The number of nitrogens with zero attached hydrogens (tertiary/aromatic N) is 2. The highest BCUT2D eigenvalue weighted by atomic mass is 32.1. The summed E-state index contributed by atoms with van der Waals surface area (Å²) in [6.07, 6.45) is 0. The molecule has 1 rings (SSSR count). The van der Waals surface area contributed by atoms with Crippen LogP contribution in [-0.2, 0) is 4.74 Å². The van der Waals surface area contributed by atoms with Crippen LogP contribution < -0.4 is 5.73 Å². The summed E-state index contributed by atoms with van der Waals surface area (Å²) in [4.78, 5) is 15.9. The van der Waals surface area contributed by atoms with Crippen LogP contribution in [0.4, 0.5) is 0 Å². The van der Waals surface area contributed by atoms with Gasteiger partial charge in [0.15, 0.2) is 0 Å². The molecule has 0 aliphatic rings. The second-order valence-electron chi connectivity index (χ2n) is 3.09. The highest BCUT2D eigenvalue weighted by Gasteiger charge is 2.18. The molecule has 84 valence electrons. The van der Waals surface area contributed by atoms with Crippen molar-refractivity contribution in [2.24, 2.45) is 5.73 Å². The zero-order valence-corrected chi connectivity index (χ0v) is 10.0. The smallest absolute Gasteiger partial charge is 0.349 e. The number of carbonyl (C=O) groups is 1. The van der Waals surface area contributed by atoms with Gasteiger partial charge in [-0.15, -0.1) is 11.3 Å². The first kappa shape index (κ1) is 12.2. The van der Waals surface area contributed by atoms with E-state index in [4.69, 9.17) is 11.0 Å². The lowest BCUT2D eigenvalue weighted by atomic mass is 10.2. The number of allylic oxidation sites excluding steroid dienone is 2. The third kappa shape index (κ3) is 2.20. The molecule has 0 saturated carbocycles. The Labute approximate surface area is 97.2 Å². The number of thiazole rings is 1. The van der Waals surface area contributed by atoms with E-state index in [1.165, 1.54) is 7.11 Å². The highest BCUT2D eigenvalue weighted by molar-refractivity contribution is 7.14. The summed E-state index contributed by atoms with van der Waals surface area (Å²) in [6, 6.07) is 1.97. The van der Waals surface area contributed by atoms with Crippen molar-refractivity contribution in [3.8, 4) is 6.07 Å². The molecule has 0 aromatic carbocycles. The van der Waals surface area contributed by atoms with Crippen molar-refractivity contribution in [2.45, 2.75) is 13.8 Å². The number of aryl methyl sites for hydroxylation is 1. The van der Waals surface area contributed by atoms with Crippen molar-refractivity contribution in [1.82, 2.24) is 4.98 Å². The van der Waals surface area contributed by atoms with Crippen molar-refractivity contribution in [3.63, 3.8) is 0 Å². The first-order valence-corrected chi connectivity index (χ1v) is 5.25. The fraction of sp³-hybridized carbons (Fsp3) is 0.300. The maximum absolute atomic E-state index is 11.3. The fourth-order valence-corrected chi connectivity index (χ4v) is 2.13. The minimum Gasteiger partial charge on any atom is -0.465 e. The first-order chi connectivity index (χ1) is 7.51. The number of nitriles is 1. The van der Waals surface area contributed by atoms with E-state index in [1.807, 2.05) is 6.07 Å². The monoisotopic (exact) mass is 237 g/mol. The number of methoxy groups -OCH3 is 1. The molecule has 0 aliphatic carbocycles. The number of hydrogen-bond acceptors (Lipinski definition) is 6. The Morgan fingerprint density at radius 1 is 1.62 bits per heavy atom. The van der Waals surface area contributed by atoms with E-state index in [0.29, 0.717) is 26.8 Å². The third-order valence-electron chi connectivity index (χ3n) is 1.89. The van der Waals surface area contributed by atoms with Gasteiger partial charge < -0.3 is 10.5 Å². The van der Waals surface area contributed by atoms with Crippen LogP contribution in [0, 0.1) is 18.3 Å². The molecule has 0 amide bonds. The lowest BCUT2D eigenvalue weighted by Gasteiger charge is -1.94. The van der Waals surface area contributed by atoms with Gasteiger partial charge in [0.2, 0.25) is 0 Å². The first-order valence-electron chi connectivity index (χ1n) is 4.43. The van der Waals surface area contributed by atoms with E-state index in [9.17, 15) is 4.79 Å². The summed E-state index contributed by atoms with van der Waals surface area (Å²) in [5.74, 6) is -0.451. The predicted molar refractivity (Wildman–Crippen MR) is 60.6 cm³/mol. The maximum atomic E-state index is 11.3. The van der Waals surface area contributed by atoms with E-state index in [2.05, 4.69) is 9.72 Å². The van der Waals surface area contributed by atoms with E-state index in [1.54, 1.807) is 13.8 Å². The molecular formula is C10H11N3O2S. The molecule has 6 heteroatoms. The lowest BCUT2D eigenvalue weighted by molar-refractivity contribution is 0.0605. The lowest BCUT2D eigenvalue weighted by Crippen LogP contribution is -1.99. The number of rotatable bonds is 2. The van der Waals surface area contributed by atoms with Crippen LogP contribution in [0.2, 0.25) is 0 Å². The van der Waals surface area contributed by atoms with Gasteiger partial charge in [0.05, 0.1) is 12.8 Å². The van der Waals surface area contributed by atoms with E-state index in [0.717, 1.165) is 11.3 Å². The molecule has 1 aromatic heterocycles. The molecule has 0 spiro atoms. The largest absolute Gasteiger partial charge is 0.465 e. The molecule has 1 heterocycles. The molecule has 16 heavy (non-hydrogen) atoms. The summed E-state index contributed by atoms with van der Waals surface area (Å²) >= 11 is 1.11. The molecule has 0 aliphatic heterocycles. The summed E-state index contributed by atoms with van der Waals surface area (Å²) in [5, 5.41) is 9.35. The third-order valence-corrected chi connectivity index (χ3v) is 3.04. The Morgan fingerprint density at radius 3 is 2.69 bits per heavy atom. The van der Waals surface area contributed by atoms with Crippen molar-refractivity contribution in [3.05, 3.63) is 21.3 Å². The topological polar surface area (TPSA) is 89.0 Å². The summed E-state index contributed by atoms with van der Waals surface area (Å²) in [5.41, 5.74) is 6.77. The Balaban J connectivity index is 3.27. The van der Waals surface area contributed by atoms with Crippen molar-refractivity contribution < 1.29 is 9.53 Å². The molecular weight excluding hydrogens is 226 g/mol. The van der Waals surface area contributed by atoms with Gasteiger partial charge >= 0.3 is 5.97 Å². The molecule has 0 atom stereocenters. The van der Waals surface area contributed by atoms with Crippen LogP contribution in [0.3, 0.4) is 0 Å². The molecule has 0 fully saturated rings. The average Bonchev–Trinajstić information content (AvgIpc) is 2.59. The normalized spacial score (nSPS) is 11.6. The van der Waals surface area contributed by atoms with Gasteiger partial charge in [-0.3, -0.25) is 0 Å². The van der Waals surface area contributed by atoms with Gasteiger partial charge in [-0.25, -0.2) is 9.78 Å². The Hall–Kier alpha value is -1.87. The van der Waals surface area contributed by atoms with Gasteiger partial charge in [0.1, 0.15) is 21.5 Å². The van der Waals surface area contributed by atoms with Gasteiger partial charge in [0.25, 0.3) is 0 Å². The number of aromatic nitrogens is 1. The van der Waals surface area contributed by atoms with Crippen LogP contribution in [0.1, 0.15) is 27.3 Å². The molecule has 2 N–H and O–H groups in total. The summed E-state index contributed by atoms with van der Waals surface area (Å²) in [7, 11) is 1.30. The Morgan fingerprint density at radius 2 is 2.25 bits per heavy atom. The zero-order valence-electron chi connectivity index (χ0n) is 9.20. The summed E-state index contributed by atoms with van der Waals surface area (Å²) < 4.78 is 4.61. The van der Waals surface area contributed by atoms with Crippen LogP contribution in [-0.4, -0.2) is 18.1 Å². The zero-order chi connectivity index (χ0) is 12.3. The van der Waals surface area contributed by atoms with Crippen LogP contribution >= 0.6 is 11.3 Å². The highest BCUT2D eigenvalue weighted by Crippen LogP contribution is 2.25. The van der Waals surface area contributed by atoms with Crippen molar-refractivity contribution in [2.75, 3.05) is 7.11 Å². The average molecular weight is 237 g/mol. The van der Waals surface area contributed by atoms with E-state index < -0.39 is 5.97 Å². The second kappa shape index (κ2) is 4.77. The van der Waals surface area contributed by atoms with Gasteiger partial charge in [-0.05, 0) is 13.8 Å².